The molecule has 0 radical (unpaired) electrons. The number of aromatic nitrogens is 1. The number of furan rings is 1. The lowest BCUT2D eigenvalue weighted by Crippen LogP contribution is -2.18. The largest absolute Gasteiger partial charge is 0.472 e. The van der Waals surface area contributed by atoms with Gasteiger partial charge in [0, 0.05) is 36.3 Å². The molecule has 2 rings (SSSR count). The van der Waals surface area contributed by atoms with Crippen LogP contribution in [-0.2, 0) is 6.54 Å². The first-order valence-electron chi connectivity index (χ1n) is 6.62. The van der Waals surface area contributed by atoms with E-state index in [1.807, 2.05) is 12.3 Å². The van der Waals surface area contributed by atoms with E-state index in [-0.39, 0.29) is 0 Å². The summed E-state index contributed by atoms with van der Waals surface area (Å²) < 4.78 is 5.09. The molecule has 0 spiro atoms. The Morgan fingerprint density at radius 1 is 1.53 bits per heavy atom. The standard InChI is InChI=1S/C14H21N3OS/c1-4-6-15-11(2)13-8-16-14(19-13)17(3)9-12-5-7-18-10-12/h5,7-8,10-11,15H,4,6,9H2,1-3H3. The minimum absolute atomic E-state index is 0.369. The highest BCUT2D eigenvalue weighted by atomic mass is 32.1. The molecule has 1 atom stereocenters. The van der Waals surface area contributed by atoms with Crippen molar-refractivity contribution in [1.29, 1.82) is 0 Å². The van der Waals surface area contributed by atoms with Crippen molar-refractivity contribution < 1.29 is 4.42 Å². The van der Waals surface area contributed by atoms with Crippen LogP contribution in [0.2, 0.25) is 0 Å². The van der Waals surface area contributed by atoms with Crippen LogP contribution in [0.3, 0.4) is 0 Å². The summed E-state index contributed by atoms with van der Waals surface area (Å²) in [7, 11) is 2.06. The lowest BCUT2D eigenvalue weighted by Gasteiger charge is -2.14. The highest BCUT2D eigenvalue weighted by molar-refractivity contribution is 7.15. The summed E-state index contributed by atoms with van der Waals surface area (Å²) in [6.45, 7) is 6.22. The van der Waals surface area contributed by atoms with Crippen LogP contribution in [-0.4, -0.2) is 18.6 Å². The minimum atomic E-state index is 0.369. The molecule has 0 aromatic carbocycles. The van der Waals surface area contributed by atoms with Crippen molar-refractivity contribution in [1.82, 2.24) is 10.3 Å². The van der Waals surface area contributed by atoms with Crippen LogP contribution in [0.25, 0.3) is 0 Å². The molecule has 104 valence electrons. The molecule has 0 aliphatic heterocycles. The second-order valence-electron chi connectivity index (χ2n) is 4.71. The van der Waals surface area contributed by atoms with Gasteiger partial charge in [0.2, 0.25) is 0 Å². The summed E-state index contributed by atoms with van der Waals surface area (Å²) in [5.74, 6) is 0. The number of hydrogen-bond donors (Lipinski definition) is 1. The topological polar surface area (TPSA) is 41.3 Å². The molecule has 0 amide bonds. The van der Waals surface area contributed by atoms with E-state index in [4.69, 9.17) is 4.42 Å². The van der Waals surface area contributed by atoms with E-state index in [1.54, 1.807) is 23.9 Å². The molecule has 5 heteroatoms. The summed E-state index contributed by atoms with van der Waals surface area (Å²) >= 11 is 1.74. The second kappa shape index (κ2) is 6.73. The highest BCUT2D eigenvalue weighted by Crippen LogP contribution is 2.27. The van der Waals surface area contributed by atoms with Crippen LogP contribution in [0.15, 0.2) is 29.2 Å². The van der Waals surface area contributed by atoms with Crippen molar-refractivity contribution in [3.8, 4) is 0 Å². The van der Waals surface area contributed by atoms with Gasteiger partial charge in [-0.05, 0) is 26.0 Å². The van der Waals surface area contributed by atoms with Crippen molar-refractivity contribution >= 4 is 16.5 Å². The van der Waals surface area contributed by atoms with Gasteiger partial charge in [-0.2, -0.15) is 0 Å². The third-order valence-corrected chi connectivity index (χ3v) is 4.26. The molecule has 2 heterocycles. The fourth-order valence-electron chi connectivity index (χ4n) is 1.84. The maximum atomic E-state index is 5.09. The van der Waals surface area contributed by atoms with Crippen molar-refractivity contribution in [2.75, 3.05) is 18.5 Å². The Labute approximate surface area is 118 Å². The molecule has 2 aromatic heterocycles. The Morgan fingerprint density at radius 3 is 3.05 bits per heavy atom. The van der Waals surface area contributed by atoms with Crippen LogP contribution in [0.4, 0.5) is 5.13 Å². The summed E-state index contributed by atoms with van der Waals surface area (Å²) in [6, 6.07) is 2.35. The van der Waals surface area contributed by atoms with Gasteiger partial charge in [0.25, 0.3) is 0 Å². The van der Waals surface area contributed by atoms with Gasteiger partial charge in [0.1, 0.15) is 0 Å². The maximum Gasteiger partial charge on any atom is 0.185 e. The Morgan fingerprint density at radius 2 is 2.37 bits per heavy atom. The molecule has 0 aliphatic rings. The highest BCUT2D eigenvalue weighted by Gasteiger charge is 2.12. The number of nitrogens with one attached hydrogen (secondary N) is 1. The van der Waals surface area contributed by atoms with Crippen molar-refractivity contribution in [3.05, 3.63) is 35.2 Å². The van der Waals surface area contributed by atoms with Crippen molar-refractivity contribution in [3.63, 3.8) is 0 Å². The Kier molecular flexibility index (Phi) is 4.99. The molecule has 4 nitrogen and oxygen atoms in total. The summed E-state index contributed by atoms with van der Waals surface area (Å²) in [5.41, 5.74) is 1.16. The van der Waals surface area contributed by atoms with Crippen molar-refractivity contribution in [2.24, 2.45) is 0 Å². The molecule has 19 heavy (non-hydrogen) atoms. The molecule has 1 N–H and O–H groups in total. The zero-order valence-electron chi connectivity index (χ0n) is 11.7. The van der Waals surface area contributed by atoms with Gasteiger partial charge >= 0.3 is 0 Å². The summed E-state index contributed by atoms with van der Waals surface area (Å²) in [6.07, 6.45) is 6.60. The zero-order valence-corrected chi connectivity index (χ0v) is 12.5. The fraction of sp³-hybridized carbons (Fsp3) is 0.500. The van der Waals surface area contributed by atoms with Gasteiger partial charge in [0.05, 0.1) is 12.5 Å². The van der Waals surface area contributed by atoms with Crippen LogP contribution in [0.5, 0.6) is 0 Å². The van der Waals surface area contributed by atoms with Gasteiger partial charge in [-0.3, -0.25) is 0 Å². The molecule has 0 fully saturated rings. The Balaban J connectivity index is 1.96. The lowest BCUT2D eigenvalue weighted by molar-refractivity contribution is 0.563. The van der Waals surface area contributed by atoms with Gasteiger partial charge < -0.3 is 14.6 Å². The third kappa shape index (κ3) is 3.81. The Hall–Kier alpha value is -1.33. The number of hydrogen-bond acceptors (Lipinski definition) is 5. The SMILES string of the molecule is CCCNC(C)c1cnc(N(C)Cc2ccoc2)s1. The molecule has 0 saturated heterocycles. The predicted octanol–water partition coefficient (Wildman–Crippen LogP) is 3.43. The molecule has 1 unspecified atom stereocenters. The van der Waals surface area contributed by atoms with Crippen LogP contribution >= 0.6 is 11.3 Å². The Bertz CT molecular complexity index is 481. The first-order chi connectivity index (χ1) is 9.20. The van der Waals surface area contributed by atoms with E-state index in [2.05, 4.69) is 36.1 Å². The molecule has 0 aliphatic carbocycles. The van der Waals surface area contributed by atoms with E-state index in [9.17, 15) is 0 Å². The third-order valence-electron chi connectivity index (χ3n) is 2.97. The average Bonchev–Trinajstić information content (AvgIpc) is 3.06. The van der Waals surface area contributed by atoms with Crippen LogP contribution in [0.1, 0.15) is 36.8 Å². The van der Waals surface area contributed by atoms with Gasteiger partial charge in [-0.15, -0.1) is 11.3 Å². The molecular formula is C14H21N3OS. The first kappa shape index (κ1) is 14.1. The molecule has 2 aromatic rings. The lowest BCUT2D eigenvalue weighted by atomic mass is 10.3. The molecular weight excluding hydrogens is 258 g/mol. The van der Waals surface area contributed by atoms with Crippen molar-refractivity contribution in [2.45, 2.75) is 32.9 Å². The van der Waals surface area contributed by atoms with Crippen LogP contribution < -0.4 is 10.2 Å². The smallest absolute Gasteiger partial charge is 0.185 e. The minimum Gasteiger partial charge on any atom is -0.472 e. The number of nitrogens with zero attached hydrogens (tertiary/aromatic N) is 2. The normalized spacial score (nSPS) is 12.6. The number of anilines is 1. The van der Waals surface area contributed by atoms with Gasteiger partial charge in [-0.1, -0.05) is 6.92 Å². The van der Waals surface area contributed by atoms with Crippen LogP contribution in [0, 0.1) is 0 Å². The predicted molar refractivity (Wildman–Crippen MR) is 79.6 cm³/mol. The van der Waals surface area contributed by atoms with E-state index in [0.29, 0.717) is 6.04 Å². The molecule has 0 bridgehead atoms. The van der Waals surface area contributed by atoms with E-state index >= 15 is 0 Å². The van der Waals surface area contributed by atoms with E-state index in [1.165, 1.54) is 4.88 Å². The summed E-state index contributed by atoms with van der Waals surface area (Å²) in [5, 5.41) is 4.53. The number of rotatable bonds is 7. The van der Waals surface area contributed by atoms with E-state index < -0.39 is 0 Å². The van der Waals surface area contributed by atoms with E-state index in [0.717, 1.165) is 30.2 Å². The second-order valence-corrected chi connectivity index (χ2v) is 5.75. The number of thiazole rings is 1. The fourth-order valence-corrected chi connectivity index (χ4v) is 2.74. The maximum absolute atomic E-state index is 5.09. The average molecular weight is 279 g/mol. The van der Waals surface area contributed by atoms with Gasteiger partial charge in [0.15, 0.2) is 5.13 Å². The summed E-state index contributed by atoms with van der Waals surface area (Å²) in [4.78, 5) is 7.92. The molecule has 0 saturated carbocycles. The van der Waals surface area contributed by atoms with Gasteiger partial charge in [-0.25, -0.2) is 4.98 Å². The quantitative estimate of drug-likeness (QED) is 0.843. The monoisotopic (exact) mass is 279 g/mol. The zero-order chi connectivity index (χ0) is 13.7. The first-order valence-corrected chi connectivity index (χ1v) is 7.43.